The van der Waals surface area contributed by atoms with E-state index in [0.29, 0.717) is 11.8 Å². The molecule has 0 spiro atoms. The predicted octanol–water partition coefficient (Wildman–Crippen LogP) is 4.39. The molecule has 0 saturated heterocycles. The molecule has 0 bridgehead atoms. The normalized spacial score (nSPS) is 18.1. The lowest BCUT2D eigenvalue weighted by Crippen LogP contribution is -2.33. The van der Waals surface area contributed by atoms with Gasteiger partial charge in [-0.2, -0.15) is 0 Å². The second-order valence-corrected chi connectivity index (χ2v) is 7.56. The average molecular weight is 346 g/mol. The van der Waals surface area contributed by atoms with Crippen molar-refractivity contribution >= 4 is 22.9 Å². The number of aromatic nitrogens is 2. The van der Waals surface area contributed by atoms with Gasteiger partial charge < -0.3 is 4.42 Å². The van der Waals surface area contributed by atoms with Crippen molar-refractivity contribution < 1.29 is 4.42 Å². The molecule has 0 amide bonds. The Hall–Kier alpha value is -1.69. The molecule has 2 aromatic heterocycles. The van der Waals surface area contributed by atoms with Crippen LogP contribution in [0.5, 0.6) is 0 Å². The first-order valence-electron chi connectivity index (χ1n) is 7.54. The highest BCUT2D eigenvalue weighted by Crippen LogP contribution is 2.35. The minimum Gasteiger partial charge on any atom is -0.424 e. The lowest BCUT2D eigenvalue weighted by molar-refractivity contribution is 0.138. The zero-order chi connectivity index (χ0) is 15.8. The van der Waals surface area contributed by atoms with Crippen LogP contribution >= 0.6 is 22.9 Å². The number of rotatable bonds is 3. The second-order valence-electron chi connectivity index (χ2n) is 5.76. The topological polar surface area (TPSA) is 42.2 Å². The molecular weight excluding hydrogens is 330 g/mol. The molecule has 4 nitrogen and oxygen atoms in total. The molecule has 0 saturated carbocycles. The molecule has 118 valence electrons. The molecule has 1 unspecified atom stereocenters. The maximum absolute atomic E-state index is 6.08. The Bertz CT molecular complexity index is 829. The summed E-state index contributed by atoms with van der Waals surface area (Å²) >= 11 is 7.70. The standard InChI is InChI=1S/C17H16ClN3OS/c1-11-19-20-17(22-11)15-8-12-4-2-3-5-13(12)9-21(15)10-14-6-7-16(18)23-14/h2-7,15H,8-10H2,1H3. The van der Waals surface area contributed by atoms with Crippen LogP contribution in [0.4, 0.5) is 0 Å². The van der Waals surface area contributed by atoms with Gasteiger partial charge in [0, 0.05) is 24.9 Å². The lowest BCUT2D eigenvalue weighted by atomic mass is 9.94. The van der Waals surface area contributed by atoms with Crippen LogP contribution in [-0.2, 0) is 19.5 Å². The van der Waals surface area contributed by atoms with Crippen LogP contribution in [-0.4, -0.2) is 15.1 Å². The van der Waals surface area contributed by atoms with Crippen LogP contribution < -0.4 is 0 Å². The SMILES string of the molecule is Cc1nnc(C2Cc3ccccc3CN2Cc2ccc(Cl)s2)o1. The maximum Gasteiger partial charge on any atom is 0.233 e. The van der Waals surface area contributed by atoms with E-state index in [4.69, 9.17) is 16.0 Å². The maximum atomic E-state index is 6.08. The summed E-state index contributed by atoms with van der Waals surface area (Å²) in [5, 5.41) is 8.26. The Morgan fingerprint density at radius 2 is 2.04 bits per heavy atom. The van der Waals surface area contributed by atoms with E-state index in [1.165, 1.54) is 16.0 Å². The van der Waals surface area contributed by atoms with Crippen LogP contribution in [0.25, 0.3) is 0 Å². The van der Waals surface area contributed by atoms with Crippen molar-refractivity contribution in [1.29, 1.82) is 0 Å². The number of nitrogens with zero attached hydrogens (tertiary/aromatic N) is 3. The van der Waals surface area contributed by atoms with Gasteiger partial charge in [-0.1, -0.05) is 35.9 Å². The van der Waals surface area contributed by atoms with E-state index in [1.54, 1.807) is 11.3 Å². The highest BCUT2D eigenvalue weighted by atomic mass is 35.5. The smallest absolute Gasteiger partial charge is 0.233 e. The summed E-state index contributed by atoms with van der Waals surface area (Å²) in [5.41, 5.74) is 2.72. The molecule has 0 fully saturated rings. The van der Waals surface area contributed by atoms with Crippen LogP contribution in [0.3, 0.4) is 0 Å². The Morgan fingerprint density at radius 1 is 1.22 bits per heavy atom. The number of hydrogen-bond donors (Lipinski definition) is 0. The summed E-state index contributed by atoms with van der Waals surface area (Å²) in [6.07, 6.45) is 0.886. The van der Waals surface area contributed by atoms with Crippen molar-refractivity contribution in [3.63, 3.8) is 0 Å². The number of halogens is 1. The number of hydrogen-bond acceptors (Lipinski definition) is 5. The summed E-state index contributed by atoms with van der Waals surface area (Å²) in [5.74, 6) is 1.30. The van der Waals surface area contributed by atoms with Gasteiger partial charge in [-0.3, -0.25) is 4.90 Å². The van der Waals surface area contributed by atoms with Gasteiger partial charge in [0.05, 0.1) is 10.4 Å². The first kappa shape index (κ1) is 14.9. The van der Waals surface area contributed by atoms with E-state index in [9.17, 15) is 0 Å². The van der Waals surface area contributed by atoms with Crippen molar-refractivity contribution in [3.05, 3.63) is 68.5 Å². The zero-order valence-corrected chi connectivity index (χ0v) is 14.3. The van der Waals surface area contributed by atoms with Crippen LogP contribution in [0.1, 0.15) is 33.8 Å². The fourth-order valence-electron chi connectivity index (χ4n) is 3.07. The van der Waals surface area contributed by atoms with Crippen molar-refractivity contribution in [2.75, 3.05) is 0 Å². The highest BCUT2D eigenvalue weighted by molar-refractivity contribution is 7.16. The molecule has 1 aliphatic rings. The second kappa shape index (κ2) is 6.07. The third-order valence-corrected chi connectivity index (χ3v) is 5.38. The quantitative estimate of drug-likeness (QED) is 0.706. The lowest BCUT2D eigenvalue weighted by Gasteiger charge is -2.34. The summed E-state index contributed by atoms with van der Waals surface area (Å²) in [4.78, 5) is 3.63. The Labute approximate surface area is 143 Å². The van der Waals surface area contributed by atoms with E-state index in [0.717, 1.165) is 23.8 Å². The van der Waals surface area contributed by atoms with Crippen molar-refractivity contribution in [3.8, 4) is 0 Å². The number of fused-ring (bicyclic) bond motifs is 1. The Balaban J connectivity index is 1.68. The summed E-state index contributed by atoms with van der Waals surface area (Å²) in [7, 11) is 0. The van der Waals surface area contributed by atoms with Gasteiger partial charge in [-0.15, -0.1) is 21.5 Å². The molecule has 3 aromatic rings. The summed E-state index contributed by atoms with van der Waals surface area (Å²) in [6.45, 7) is 3.53. The largest absolute Gasteiger partial charge is 0.424 e. The molecule has 0 radical (unpaired) electrons. The van der Waals surface area contributed by atoms with Gasteiger partial charge in [0.15, 0.2) is 0 Å². The number of thiophene rings is 1. The van der Waals surface area contributed by atoms with Gasteiger partial charge in [0.2, 0.25) is 11.8 Å². The van der Waals surface area contributed by atoms with E-state index < -0.39 is 0 Å². The molecule has 0 aliphatic carbocycles. The van der Waals surface area contributed by atoms with Gasteiger partial charge in [-0.25, -0.2) is 0 Å². The van der Waals surface area contributed by atoms with Crippen molar-refractivity contribution in [2.45, 2.75) is 32.5 Å². The van der Waals surface area contributed by atoms with Crippen molar-refractivity contribution in [2.24, 2.45) is 0 Å². The fraction of sp³-hybridized carbons (Fsp3) is 0.294. The molecule has 3 heterocycles. The predicted molar refractivity (Wildman–Crippen MR) is 90.5 cm³/mol. The third kappa shape index (κ3) is 3.04. The van der Waals surface area contributed by atoms with Gasteiger partial charge >= 0.3 is 0 Å². The van der Waals surface area contributed by atoms with Gasteiger partial charge in [-0.05, 0) is 29.7 Å². The van der Waals surface area contributed by atoms with Gasteiger partial charge in [0.25, 0.3) is 0 Å². The van der Waals surface area contributed by atoms with Crippen molar-refractivity contribution in [1.82, 2.24) is 15.1 Å². The van der Waals surface area contributed by atoms with E-state index >= 15 is 0 Å². The molecule has 0 N–H and O–H groups in total. The minimum atomic E-state index is 0.104. The Morgan fingerprint density at radius 3 is 2.74 bits per heavy atom. The first-order chi connectivity index (χ1) is 11.2. The van der Waals surface area contributed by atoms with Crippen LogP contribution in [0, 0.1) is 6.92 Å². The third-order valence-electron chi connectivity index (χ3n) is 4.16. The van der Waals surface area contributed by atoms with Crippen LogP contribution in [0.15, 0.2) is 40.8 Å². The molecule has 1 aliphatic heterocycles. The van der Waals surface area contributed by atoms with E-state index in [2.05, 4.69) is 45.4 Å². The fourth-order valence-corrected chi connectivity index (χ4v) is 4.18. The first-order valence-corrected chi connectivity index (χ1v) is 8.73. The minimum absolute atomic E-state index is 0.104. The van der Waals surface area contributed by atoms with E-state index in [1.807, 2.05) is 13.0 Å². The number of benzene rings is 1. The van der Waals surface area contributed by atoms with Crippen LogP contribution in [0.2, 0.25) is 4.34 Å². The van der Waals surface area contributed by atoms with E-state index in [-0.39, 0.29) is 6.04 Å². The highest BCUT2D eigenvalue weighted by Gasteiger charge is 2.31. The number of aryl methyl sites for hydroxylation is 1. The Kier molecular flexibility index (Phi) is 3.93. The average Bonchev–Trinajstić information content (AvgIpc) is 3.15. The molecule has 4 rings (SSSR count). The summed E-state index contributed by atoms with van der Waals surface area (Å²) < 4.78 is 6.55. The molecule has 23 heavy (non-hydrogen) atoms. The zero-order valence-electron chi connectivity index (χ0n) is 12.7. The molecule has 1 aromatic carbocycles. The summed E-state index contributed by atoms with van der Waals surface area (Å²) in [6, 6.07) is 12.7. The monoisotopic (exact) mass is 345 g/mol. The molecule has 6 heteroatoms. The van der Waals surface area contributed by atoms with Gasteiger partial charge in [0.1, 0.15) is 0 Å². The molecule has 1 atom stereocenters. The molecular formula is C17H16ClN3OS.